The van der Waals surface area contributed by atoms with E-state index in [0.29, 0.717) is 34.5 Å². The van der Waals surface area contributed by atoms with Crippen LogP contribution in [-0.2, 0) is 4.74 Å². The molecule has 150 valence electrons. The first-order valence-corrected chi connectivity index (χ1v) is 8.75. The first-order valence-electron chi connectivity index (χ1n) is 8.75. The maximum Gasteiger partial charge on any atom is 0.407 e. The van der Waals surface area contributed by atoms with Gasteiger partial charge in [-0.05, 0) is 56.7 Å². The Labute approximate surface area is 163 Å². The van der Waals surface area contributed by atoms with Gasteiger partial charge in [-0.3, -0.25) is 4.79 Å². The zero-order valence-electron chi connectivity index (χ0n) is 16.4. The van der Waals surface area contributed by atoms with Crippen LogP contribution in [0.1, 0.15) is 31.1 Å². The molecule has 0 spiro atoms. The number of nitrogens with one attached hydrogen (secondary N) is 1. The molecule has 0 atom stereocenters. The van der Waals surface area contributed by atoms with Crippen molar-refractivity contribution in [2.75, 3.05) is 20.3 Å². The minimum atomic E-state index is -0.583. The molecule has 0 aliphatic heterocycles. The molecule has 2 aromatic carbocycles. The molecular formula is C21H24FNO5. The average Bonchev–Trinajstić information content (AvgIpc) is 2.63. The Hall–Kier alpha value is -3.09. The van der Waals surface area contributed by atoms with Crippen molar-refractivity contribution in [3.8, 4) is 22.6 Å². The maximum atomic E-state index is 14.4. The normalized spacial score (nSPS) is 10.9. The van der Waals surface area contributed by atoms with Crippen LogP contribution in [0.15, 0.2) is 36.4 Å². The van der Waals surface area contributed by atoms with Crippen molar-refractivity contribution >= 4 is 12.4 Å². The number of halogens is 1. The van der Waals surface area contributed by atoms with E-state index in [1.54, 1.807) is 51.1 Å². The lowest BCUT2D eigenvalue weighted by molar-refractivity contribution is 0.0520. The SMILES string of the molecule is COc1ccc(-c2cc(C=O)cc(OCCNC(=O)OC(C)(C)C)c2)c(F)c1. The molecule has 0 unspecified atom stereocenters. The number of benzene rings is 2. The highest BCUT2D eigenvalue weighted by molar-refractivity contribution is 5.80. The van der Waals surface area contributed by atoms with E-state index < -0.39 is 17.5 Å². The van der Waals surface area contributed by atoms with Crippen LogP contribution < -0.4 is 14.8 Å². The van der Waals surface area contributed by atoms with Gasteiger partial charge in [-0.25, -0.2) is 9.18 Å². The van der Waals surface area contributed by atoms with Gasteiger partial charge in [0.1, 0.15) is 35.8 Å². The fourth-order valence-corrected chi connectivity index (χ4v) is 2.42. The minimum Gasteiger partial charge on any atom is -0.497 e. The molecule has 0 aromatic heterocycles. The molecule has 0 aliphatic carbocycles. The standard InChI is InChI=1S/C21H24FNO5/c1-21(2,3)28-20(25)23-7-8-27-17-10-14(13-24)9-15(11-17)18-6-5-16(26-4)12-19(18)22/h5-6,9-13H,7-8H2,1-4H3,(H,23,25). The van der Waals surface area contributed by atoms with Crippen molar-refractivity contribution in [1.82, 2.24) is 5.32 Å². The molecule has 0 radical (unpaired) electrons. The third-order valence-electron chi connectivity index (χ3n) is 3.59. The summed E-state index contributed by atoms with van der Waals surface area (Å²) in [7, 11) is 1.46. The van der Waals surface area contributed by atoms with Crippen molar-refractivity contribution in [1.29, 1.82) is 0 Å². The number of carbonyl (C=O) groups is 2. The van der Waals surface area contributed by atoms with Gasteiger partial charge in [0.25, 0.3) is 0 Å². The second-order valence-electron chi connectivity index (χ2n) is 7.03. The first kappa shape index (κ1) is 21.2. The van der Waals surface area contributed by atoms with E-state index >= 15 is 0 Å². The summed E-state index contributed by atoms with van der Waals surface area (Å²) in [5.74, 6) is 0.318. The molecule has 0 saturated heterocycles. The molecule has 0 saturated carbocycles. The lowest BCUT2D eigenvalue weighted by atomic mass is 10.0. The number of ether oxygens (including phenoxy) is 3. The van der Waals surface area contributed by atoms with Crippen molar-refractivity contribution < 1.29 is 28.2 Å². The summed E-state index contributed by atoms with van der Waals surface area (Å²) in [6.45, 7) is 5.69. The summed E-state index contributed by atoms with van der Waals surface area (Å²) >= 11 is 0. The molecule has 0 bridgehead atoms. The number of hydrogen-bond acceptors (Lipinski definition) is 5. The van der Waals surface area contributed by atoms with Gasteiger partial charge < -0.3 is 19.5 Å². The van der Waals surface area contributed by atoms with Crippen LogP contribution in [0.25, 0.3) is 11.1 Å². The number of amides is 1. The second kappa shape index (κ2) is 9.21. The predicted molar refractivity (Wildman–Crippen MR) is 104 cm³/mol. The Kier molecular flexibility index (Phi) is 6.98. The number of aldehydes is 1. The van der Waals surface area contributed by atoms with E-state index in [4.69, 9.17) is 14.2 Å². The Morgan fingerprint density at radius 1 is 1.14 bits per heavy atom. The fourth-order valence-electron chi connectivity index (χ4n) is 2.42. The number of hydrogen-bond donors (Lipinski definition) is 1. The highest BCUT2D eigenvalue weighted by Crippen LogP contribution is 2.30. The monoisotopic (exact) mass is 389 g/mol. The summed E-state index contributed by atoms with van der Waals surface area (Å²) in [4.78, 5) is 22.8. The highest BCUT2D eigenvalue weighted by Gasteiger charge is 2.15. The number of rotatable bonds is 7. The van der Waals surface area contributed by atoms with Gasteiger partial charge in [-0.1, -0.05) is 0 Å². The molecule has 1 amide bonds. The molecule has 28 heavy (non-hydrogen) atoms. The highest BCUT2D eigenvalue weighted by atomic mass is 19.1. The smallest absolute Gasteiger partial charge is 0.407 e. The van der Waals surface area contributed by atoms with E-state index in [9.17, 15) is 14.0 Å². The van der Waals surface area contributed by atoms with E-state index in [2.05, 4.69) is 5.32 Å². The molecule has 1 N–H and O–H groups in total. The van der Waals surface area contributed by atoms with Crippen molar-refractivity contribution in [3.63, 3.8) is 0 Å². The Morgan fingerprint density at radius 3 is 2.50 bits per heavy atom. The summed E-state index contributed by atoms with van der Waals surface area (Å²) in [6, 6.07) is 9.23. The van der Waals surface area contributed by atoms with Crippen LogP contribution in [-0.4, -0.2) is 38.2 Å². The molecule has 0 heterocycles. The number of methoxy groups -OCH3 is 1. The summed E-state index contributed by atoms with van der Waals surface area (Å²) in [6.07, 6.45) is 0.121. The first-order chi connectivity index (χ1) is 13.2. The van der Waals surface area contributed by atoms with Crippen LogP contribution in [0, 0.1) is 5.82 Å². The third kappa shape index (κ3) is 6.26. The fraction of sp³-hybridized carbons (Fsp3) is 0.333. The van der Waals surface area contributed by atoms with E-state index in [1.807, 2.05) is 0 Å². The number of carbonyl (C=O) groups excluding carboxylic acids is 2. The van der Waals surface area contributed by atoms with Gasteiger partial charge in [0.05, 0.1) is 13.7 Å². The van der Waals surface area contributed by atoms with Crippen LogP contribution >= 0.6 is 0 Å². The van der Waals surface area contributed by atoms with Crippen molar-refractivity contribution in [3.05, 3.63) is 47.8 Å². The maximum absolute atomic E-state index is 14.4. The van der Waals surface area contributed by atoms with Crippen LogP contribution in [0.2, 0.25) is 0 Å². The lowest BCUT2D eigenvalue weighted by Gasteiger charge is -2.19. The quantitative estimate of drug-likeness (QED) is 0.567. The summed E-state index contributed by atoms with van der Waals surface area (Å²) in [5.41, 5.74) is 0.588. The Bertz CT molecular complexity index is 845. The summed E-state index contributed by atoms with van der Waals surface area (Å²) < 4.78 is 30.1. The predicted octanol–water partition coefficient (Wildman–Crippen LogP) is 4.22. The lowest BCUT2D eigenvalue weighted by Crippen LogP contribution is -2.34. The van der Waals surface area contributed by atoms with Gasteiger partial charge >= 0.3 is 6.09 Å². The minimum absolute atomic E-state index is 0.159. The van der Waals surface area contributed by atoms with Crippen LogP contribution in [0.4, 0.5) is 9.18 Å². The van der Waals surface area contributed by atoms with E-state index in [1.165, 1.54) is 13.2 Å². The number of alkyl carbamates (subject to hydrolysis) is 1. The van der Waals surface area contributed by atoms with Gasteiger partial charge in [0.2, 0.25) is 0 Å². The molecule has 7 heteroatoms. The third-order valence-corrected chi connectivity index (χ3v) is 3.59. The zero-order valence-corrected chi connectivity index (χ0v) is 16.4. The van der Waals surface area contributed by atoms with Gasteiger partial charge in [-0.15, -0.1) is 0 Å². The summed E-state index contributed by atoms with van der Waals surface area (Å²) in [5, 5.41) is 2.58. The molecule has 0 fully saturated rings. The van der Waals surface area contributed by atoms with E-state index in [-0.39, 0.29) is 13.2 Å². The van der Waals surface area contributed by atoms with E-state index in [0.717, 1.165) is 0 Å². The zero-order chi connectivity index (χ0) is 20.7. The van der Waals surface area contributed by atoms with Crippen LogP contribution in [0.5, 0.6) is 11.5 Å². The van der Waals surface area contributed by atoms with Crippen molar-refractivity contribution in [2.45, 2.75) is 26.4 Å². The molecule has 2 rings (SSSR count). The topological polar surface area (TPSA) is 73.9 Å². The molecule has 2 aromatic rings. The average molecular weight is 389 g/mol. The van der Waals surface area contributed by atoms with Gasteiger partial charge in [0.15, 0.2) is 0 Å². The van der Waals surface area contributed by atoms with Gasteiger partial charge in [-0.2, -0.15) is 0 Å². The molecular weight excluding hydrogens is 365 g/mol. The van der Waals surface area contributed by atoms with Crippen molar-refractivity contribution in [2.24, 2.45) is 0 Å². The molecule has 6 nitrogen and oxygen atoms in total. The Balaban J connectivity index is 2.07. The van der Waals surface area contributed by atoms with Gasteiger partial charge in [0, 0.05) is 17.2 Å². The second-order valence-corrected chi connectivity index (χ2v) is 7.03. The largest absolute Gasteiger partial charge is 0.497 e. The molecule has 0 aliphatic rings. The van der Waals surface area contributed by atoms with Crippen LogP contribution in [0.3, 0.4) is 0 Å². The Morgan fingerprint density at radius 2 is 1.89 bits per heavy atom.